The number of fused-ring (bicyclic) bond motifs is 1. The Hall–Kier alpha value is -2.31. The number of carbonyl (C=O) groups excluding carboxylic acids is 1. The predicted molar refractivity (Wildman–Crippen MR) is 118 cm³/mol. The third-order valence-corrected chi connectivity index (χ3v) is 8.99. The van der Waals surface area contributed by atoms with Crippen LogP contribution in [0, 0.1) is 11.8 Å². The molecule has 32 heavy (non-hydrogen) atoms. The lowest BCUT2D eigenvalue weighted by Gasteiger charge is -2.31. The second kappa shape index (κ2) is 8.91. The smallest absolute Gasteiger partial charge is 0.224 e. The lowest BCUT2D eigenvalue weighted by atomic mass is 9.88. The van der Waals surface area contributed by atoms with Gasteiger partial charge in [-0.3, -0.25) is 15.5 Å². The molecule has 0 bridgehead atoms. The maximum atomic E-state index is 13.0. The molecule has 2 aliphatic rings. The van der Waals surface area contributed by atoms with Gasteiger partial charge in [-0.2, -0.15) is 0 Å². The van der Waals surface area contributed by atoms with Crippen LogP contribution in [0.3, 0.4) is 0 Å². The number of carbonyl (C=O) groups is 1. The summed E-state index contributed by atoms with van der Waals surface area (Å²) in [6, 6.07) is 11.7. The van der Waals surface area contributed by atoms with Gasteiger partial charge < -0.3 is 5.32 Å². The minimum atomic E-state index is -4.01. The van der Waals surface area contributed by atoms with Crippen LogP contribution in [-0.4, -0.2) is 48.3 Å². The molecule has 0 radical (unpaired) electrons. The summed E-state index contributed by atoms with van der Waals surface area (Å²) in [5.41, 5.74) is 6.99. The molecular formula is C21H26N4O5S2. The van der Waals surface area contributed by atoms with Crippen molar-refractivity contribution >= 4 is 25.6 Å². The van der Waals surface area contributed by atoms with Gasteiger partial charge in [-0.25, -0.2) is 22.3 Å². The highest BCUT2D eigenvalue weighted by atomic mass is 32.2. The standard InChI is InChI=1S/C21H26N4O5S2/c1-31(27,28)18-4-2-3-5-19(18)32(29,30)17-8-6-14(7-9-17)11-23-21(26)16-10-15-13-24-25-20(15)22-12-16/h2-9,15-16,20,22,24-25H,10-13H2,1H3,(H,23,26). The zero-order valence-electron chi connectivity index (χ0n) is 17.5. The van der Waals surface area contributed by atoms with Crippen molar-refractivity contribution in [3.8, 4) is 0 Å². The molecule has 0 saturated carbocycles. The quantitative estimate of drug-likeness (QED) is 0.463. The largest absolute Gasteiger partial charge is 0.352 e. The summed E-state index contributed by atoms with van der Waals surface area (Å²) >= 11 is 0. The molecule has 4 rings (SSSR count). The second-order valence-corrected chi connectivity index (χ2v) is 12.1. The molecule has 4 N–H and O–H groups in total. The summed E-state index contributed by atoms with van der Waals surface area (Å²) in [5, 5.41) is 6.24. The van der Waals surface area contributed by atoms with Gasteiger partial charge in [-0.05, 0) is 36.2 Å². The average molecular weight is 479 g/mol. The highest BCUT2D eigenvalue weighted by Crippen LogP contribution is 2.27. The molecule has 172 valence electrons. The summed E-state index contributed by atoms with van der Waals surface area (Å²) in [7, 11) is -7.72. The van der Waals surface area contributed by atoms with Crippen LogP contribution in [0.1, 0.15) is 12.0 Å². The Balaban J connectivity index is 1.43. The predicted octanol–water partition coefficient (Wildman–Crippen LogP) is 0.199. The average Bonchev–Trinajstić information content (AvgIpc) is 3.25. The van der Waals surface area contributed by atoms with Crippen LogP contribution in [0.4, 0.5) is 0 Å². The van der Waals surface area contributed by atoms with E-state index in [1.807, 2.05) is 0 Å². The lowest BCUT2D eigenvalue weighted by Crippen LogP contribution is -2.52. The topological polar surface area (TPSA) is 133 Å². The molecule has 9 nitrogen and oxygen atoms in total. The van der Waals surface area contributed by atoms with E-state index in [4.69, 9.17) is 0 Å². The first-order valence-electron chi connectivity index (χ1n) is 10.3. The van der Waals surface area contributed by atoms with Crippen LogP contribution < -0.4 is 21.5 Å². The van der Waals surface area contributed by atoms with Gasteiger partial charge in [0.05, 0.1) is 26.8 Å². The molecule has 3 atom stereocenters. The van der Waals surface area contributed by atoms with Gasteiger partial charge in [0.15, 0.2) is 9.84 Å². The van der Waals surface area contributed by atoms with E-state index in [0.717, 1.165) is 24.8 Å². The number of hydrogen-bond acceptors (Lipinski definition) is 8. The van der Waals surface area contributed by atoms with Crippen LogP contribution in [0.2, 0.25) is 0 Å². The van der Waals surface area contributed by atoms with Crippen molar-refractivity contribution in [2.75, 3.05) is 19.3 Å². The first-order valence-corrected chi connectivity index (χ1v) is 13.7. The molecule has 11 heteroatoms. The fourth-order valence-electron chi connectivity index (χ4n) is 4.12. The Morgan fingerprint density at radius 3 is 2.38 bits per heavy atom. The number of piperidine rings is 1. The van der Waals surface area contributed by atoms with Gasteiger partial charge >= 0.3 is 0 Å². The van der Waals surface area contributed by atoms with Gasteiger partial charge in [0.1, 0.15) is 0 Å². The molecule has 2 saturated heterocycles. The fourth-order valence-corrected chi connectivity index (χ4v) is 7.00. The first-order chi connectivity index (χ1) is 15.2. The van der Waals surface area contributed by atoms with Crippen LogP contribution in [-0.2, 0) is 31.0 Å². The van der Waals surface area contributed by atoms with Gasteiger partial charge in [-0.15, -0.1) is 0 Å². The summed E-state index contributed by atoms with van der Waals surface area (Å²) in [4.78, 5) is 12.1. The van der Waals surface area contributed by atoms with Gasteiger partial charge in [0.25, 0.3) is 0 Å². The van der Waals surface area contributed by atoms with Crippen molar-refractivity contribution in [3.05, 3.63) is 54.1 Å². The number of rotatable bonds is 6. The normalized spacial score (nSPS) is 23.5. The Morgan fingerprint density at radius 2 is 1.69 bits per heavy atom. The zero-order valence-corrected chi connectivity index (χ0v) is 19.2. The van der Waals surface area contributed by atoms with Crippen molar-refractivity contribution in [1.82, 2.24) is 21.5 Å². The van der Waals surface area contributed by atoms with Crippen LogP contribution >= 0.6 is 0 Å². The third kappa shape index (κ3) is 4.71. The van der Waals surface area contributed by atoms with E-state index in [0.29, 0.717) is 12.5 Å². The van der Waals surface area contributed by atoms with Crippen molar-refractivity contribution in [3.63, 3.8) is 0 Å². The summed E-state index contributed by atoms with van der Waals surface area (Å²) in [5.74, 6) is 0.200. The van der Waals surface area contributed by atoms with Crippen LogP contribution in [0.25, 0.3) is 0 Å². The molecule has 2 aliphatic heterocycles. The number of hydrogen-bond donors (Lipinski definition) is 4. The van der Waals surface area contributed by atoms with Crippen molar-refractivity contribution in [1.29, 1.82) is 0 Å². The Bertz CT molecular complexity index is 1210. The van der Waals surface area contributed by atoms with Crippen molar-refractivity contribution in [2.45, 2.75) is 33.8 Å². The van der Waals surface area contributed by atoms with Gasteiger partial charge in [0.2, 0.25) is 15.7 Å². The fraction of sp³-hybridized carbons (Fsp3) is 0.381. The Morgan fingerprint density at radius 1 is 1.00 bits per heavy atom. The minimum Gasteiger partial charge on any atom is -0.352 e. The number of amides is 1. The Labute approximate surface area is 187 Å². The van der Waals surface area contributed by atoms with Gasteiger partial charge in [0, 0.05) is 31.8 Å². The molecule has 2 heterocycles. The number of hydrazine groups is 1. The molecule has 3 unspecified atom stereocenters. The van der Waals surface area contributed by atoms with E-state index < -0.39 is 19.7 Å². The van der Waals surface area contributed by atoms with Crippen LogP contribution in [0.15, 0.2) is 63.2 Å². The SMILES string of the molecule is CS(=O)(=O)c1ccccc1S(=O)(=O)c1ccc(CNC(=O)C2CNC3NNCC3C2)cc1. The summed E-state index contributed by atoms with van der Waals surface area (Å²) < 4.78 is 50.1. The zero-order chi connectivity index (χ0) is 22.9. The minimum absolute atomic E-state index is 0.00701. The van der Waals surface area contributed by atoms with E-state index in [1.54, 1.807) is 12.1 Å². The summed E-state index contributed by atoms with van der Waals surface area (Å²) in [6.07, 6.45) is 1.97. The maximum Gasteiger partial charge on any atom is 0.224 e. The molecule has 0 aromatic heterocycles. The van der Waals surface area contributed by atoms with E-state index in [-0.39, 0.29) is 39.2 Å². The maximum absolute atomic E-state index is 13.0. The molecule has 2 fully saturated rings. The van der Waals surface area contributed by atoms with Crippen molar-refractivity contribution in [2.24, 2.45) is 11.8 Å². The second-order valence-electron chi connectivity index (χ2n) is 8.19. The van der Waals surface area contributed by atoms with E-state index >= 15 is 0 Å². The highest BCUT2D eigenvalue weighted by Gasteiger charge is 2.36. The van der Waals surface area contributed by atoms with Gasteiger partial charge in [-0.1, -0.05) is 24.3 Å². The molecule has 0 spiro atoms. The third-order valence-electron chi connectivity index (χ3n) is 5.87. The van der Waals surface area contributed by atoms with Crippen LogP contribution in [0.5, 0.6) is 0 Å². The molecule has 2 aromatic carbocycles. The highest BCUT2D eigenvalue weighted by molar-refractivity contribution is 7.94. The molecular weight excluding hydrogens is 452 g/mol. The number of nitrogens with one attached hydrogen (secondary N) is 4. The lowest BCUT2D eigenvalue weighted by molar-refractivity contribution is -0.126. The molecule has 2 aromatic rings. The van der Waals surface area contributed by atoms with E-state index in [9.17, 15) is 21.6 Å². The first kappa shape index (κ1) is 22.9. The summed E-state index contributed by atoms with van der Waals surface area (Å²) in [6.45, 7) is 1.69. The van der Waals surface area contributed by atoms with E-state index in [1.165, 1.54) is 36.4 Å². The molecule has 1 amide bonds. The van der Waals surface area contributed by atoms with Crippen molar-refractivity contribution < 1.29 is 21.6 Å². The molecule has 0 aliphatic carbocycles. The Kier molecular flexibility index (Phi) is 6.37. The monoisotopic (exact) mass is 478 g/mol. The number of benzene rings is 2. The van der Waals surface area contributed by atoms with E-state index in [2.05, 4.69) is 21.5 Å². The number of sulfone groups is 2.